The van der Waals surface area contributed by atoms with Crippen molar-refractivity contribution in [2.24, 2.45) is 0 Å². The highest BCUT2D eigenvalue weighted by molar-refractivity contribution is 5.92. The van der Waals surface area contributed by atoms with Crippen molar-refractivity contribution in [3.63, 3.8) is 0 Å². The minimum atomic E-state index is -0.553. The summed E-state index contributed by atoms with van der Waals surface area (Å²) >= 11 is 0. The van der Waals surface area contributed by atoms with Gasteiger partial charge in [-0.15, -0.1) is 0 Å². The maximum atomic E-state index is 12.8. The summed E-state index contributed by atoms with van der Waals surface area (Å²) in [6, 6.07) is 28.7. The molecule has 5 nitrogen and oxygen atoms in total. The van der Waals surface area contributed by atoms with Gasteiger partial charge in [-0.2, -0.15) is 0 Å². The summed E-state index contributed by atoms with van der Waals surface area (Å²) in [4.78, 5) is 25.6. The molecule has 1 atom stereocenters. The number of hydrogen-bond donors (Lipinski definition) is 2. The van der Waals surface area contributed by atoms with Crippen LogP contribution in [0, 0.1) is 0 Å². The summed E-state index contributed by atoms with van der Waals surface area (Å²) < 4.78 is 5.49. The molecule has 0 spiro atoms. The number of amides is 1. The minimum absolute atomic E-state index is 0.0572. The van der Waals surface area contributed by atoms with Crippen LogP contribution in [-0.4, -0.2) is 11.0 Å². The molecule has 5 heteroatoms. The van der Waals surface area contributed by atoms with Gasteiger partial charge in [-0.3, -0.25) is 4.79 Å². The van der Waals surface area contributed by atoms with Crippen LogP contribution in [0.1, 0.15) is 42.4 Å². The van der Waals surface area contributed by atoms with Crippen LogP contribution in [0.2, 0.25) is 0 Å². The molecule has 180 valence electrons. The van der Waals surface area contributed by atoms with Gasteiger partial charge in [-0.05, 0) is 59.0 Å². The van der Waals surface area contributed by atoms with E-state index in [0.717, 1.165) is 21.9 Å². The normalized spacial score (nSPS) is 12.0. The maximum Gasteiger partial charge on any atom is 0.343 e. The number of hydrogen-bond acceptors (Lipinski definition) is 4. The lowest BCUT2D eigenvalue weighted by Gasteiger charge is -2.18. The average Bonchev–Trinajstić information content (AvgIpc) is 2.90. The highest BCUT2D eigenvalue weighted by Crippen LogP contribution is 2.36. The second-order valence-electron chi connectivity index (χ2n) is 8.92. The molecule has 4 aromatic carbocycles. The number of benzene rings is 4. The fourth-order valence-electron chi connectivity index (χ4n) is 4.88. The van der Waals surface area contributed by atoms with Crippen LogP contribution in [0.5, 0.6) is 5.75 Å². The van der Waals surface area contributed by atoms with E-state index >= 15 is 0 Å². The van der Waals surface area contributed by atoms with E-state index in [9.17, 15) is 14.7 Å². The lowest BCUT2D eigenvalue weighted by molar-refractivity contribution is -0.116. The standard InChI is InChI=1S/C31H27NO4/c1-2-24(29-30(34)26-15-5-6-16-27(26)36-31(29)35)22-12-8-13-23(19-22)32-28(33)18-17-21-11-7-10-20-9-3-4-14-25(20)21/h3-16,19,24,34H,2,17-18H2,1H3,(H,32,33). The Balaban J connectivity index is 1.36. The van der Waals surface area contributed by atoms with E-state index in [0.29, 0.717) is 35.9 Å². The molecule has 1 aromatic heterocycles. The fourth-order valence-corrected chi connectivity index (χ4v) is 4.88. The van der Waals surface area contributed by atoms with Gasteiger partial charge in [0.05, 0.1) is 10.9 Å². The molecule has 0 fully saturated rings. The van der Waals surface area contributed by atoms with Crippen LogP contribution in [0.25, 0.3) is 21.7 Å². The molecular formula is C31H27NO4. The first-order valence-corrected chi connectivity index (χ1v) is 12.2. The molecule has 0 saturated heterocycles. The van der Waals surface area contributed by atoms with E-state index < -0.39 is 5.63 Å². The van der Waals surface area contributed by atoms with Gasteiger partial charge in [0.1, 0.15) is 11.3 Å². The summed E-state index contributed by atoms with van der Waals surface area (Å²) in [7, 11) is 0. The molecule has 0 saturated carbocycles. The summed E-state index contributed by atoms with van der Waals surface area (Å²) in [5, 5.41) is 16.7. The van der Waals surface area contributed by atoms with Gasteiger partial charge < -0.3 is 14.8 Å². The van der Waals surface area contributed by atoms with E-state index in [2.05, 4.69) is 29.6 Å². The van der Waals surface area contributed by atoms with Crippen LogP contribution in [0.3, 0.4) is 0 Å². The SMILES string of the molecule is CCC(c1cccc(NC(=O)CCc2cccc3ccccc23)c1)c1c(O)c2ccccc2oc1=O. The van der Waals surface area contributed by atoms with Gasteiger partial charge in [-0.25, -0.2) is 4.79 Å². The molecule has 2 N–H and O–H groups in total. The lowest BCUT2D eigenvalue weighted by Crippen LogP contribution is -2.15. The number of anilines is 1. The van der Waals surface area contributed by atoms with Gasteiger partial charge in [0, 0.05) is 18.0 Å². The van der Waals surface area contributed by atoms with Gasteiger partial charge in [0.2, 0.25) is 5.91 Å². The first-order chi connectivity index (χ1) is 17.5. The number of carbonyl (C=O) groups excluding carboxylic acids is 1. The summed E-state index contributed by atoms with van der Waals surface area (Å²) in [6.07, 6.45) is 1.57. The van der Waals surface area contributed by atoms with Crippen LogP contribution in [-0.2, 0) is 11.2 Å². The molecule has 5 rings (SSSR count). The second kappa shape index (κ2) is 10.1. The first-order valence-electron chi connectivity index (χ1n) is 12.2. The van der Waals surface area contributed by atoms with Crippen molar-refractivity contribution < 1.29 is 14.3 Å². The third-order valence-corrected chi connectivity index (χ3v) is 6.65. The molecule has 5 aromatic rings. The molecule has 36 heavy (non-hydrogen) atoms. The number of fused-ring (bicyclic) bond motifs is 2. The van der Waals surface area contributed by atoms with Gasteiger partial charge in [-0.1, -0.05) is 73.7 Å². The molecule has 0 aliphatic heterocycles. The number of aromatic hydroxyl groups is 1. The van der Waals surface area contributed by atoms with E-state index in [4.69, 9.17) is 4.42 Å². The van der Waals surface area contributed by atoms with Gasteiger partial charge in [0.25, 0.3) is 0 Å². The minimum Gasteiger partial charge on any atom is -0.507 e. The summed E-state index contributed by atoms with van der Waals surface area (Å²) in [5.74, 6) is -0.516. The Morgan fingerprint density at radius 2 is 1.64 bits per heavy atom. The first kappa shape index (κ1) is 23.4. The predicted molar refractivity (Wildman–Crippen MR) is 144 cm³/mol. The molecule has 0 radical (unpaired) electrons. The number of rotatable bonds is 7. The summed E-state index contributed by atoms with van der Waals surface area (Å²) in [5.41, 5.74) is 2.64. The average molecular weight is 478 g/mol. The van der Waals surface area contributed by atoms with Crippen LogP contribution < -0.4 is 10.9 Å². The largest absolute Gasteiger partial charge is 0.507 e. The maximum absolute atomic E-state index is 12.8. The van der Waals surface area contributed by atoms with Crippen molar-refractivity contribution in [3.8, 4) is 5.75 Å². The third kappa shape index (κ3) is 4.60. The van der Waals surface area contributed by atoms with Crippen LogP contribution in [0.4, 0.5) is 5.69 Å². The summed E-state index contributed by atoms with van der Waals surface area (Å²) in [6.45, 7) is 1.95. The van der Waals surface area contributed by atoms with Gasteiger partial charge in [0.15, 0.2) is 0 Å². The van der Waals surface area contributed by atoms with Crippen LogP contribution >= 0.6 is 0 Å². The Morgan fingerprint density at radius 1 is 0.917 bits per heavy atom. The monoisotopic (exact) mass is 477 g/mol. The number of aryl methyl sites for hydroxylation is 1. The van der Waals surface area contributed by atoms with E-state index in [1.165, 1.54) is 0 Å². The van der Waals surface area contributed by atoms with Crippen LogP contribution in [0.15, 0.2) is 100 Å². The topological polar surface area (TPSA) is 79.5 Å². The fraction of sp³-hybridized carbons (Fsp3) is 0.161. The highest BCUT2D eigenvalue weighted by Gasteiger charge is 2.23. The molecular weight excluding hydrogens is 450 g/mol. The van der Waals surface area contributed by atoms with E-state index in [-0.39, 0.29) is 23.1 Å². The molecule has 0 aliphatic carbocycles. The van der Waals surface area contributed by atoms with Gasteiger partial charge >= 0.3 is 5.63 Å². The zero-order chi connectivity index (χ0) is 25.1. The van der Waals surface area contributed by atoms with Crippen molar-refractivity contribution in [2.75, 3.05) is 5.32 Å². The highest BCUT2D eigenvalue weighted by atomic mass is 16.4. The zero-order valence-electron chi connectivity index (χ0n) is 20.0. The molecule has 1 amide bonds. The smallest absolute Gasteiger partial charge is 0.343 e. The van der Waals surface area contributed by atoms with Crippen molar-refractivity contribution in [2.45, 2.75) is 32.1 Å². The Kier molecular flexibility index (Phi) is 6.54. The van der Waals surface area contributed by atoms with Crippen molar-refractivity contribution in [1.29, 1.82) is 0 Å². The Labute approximate surface area is 209 Å². The second-order valence-corrected chi connectivity index (χ2v) is 8.92. The molecule has 0 aliphatic rings. The molecule has 1 unspecified atom stereocenters. The predicted octanol–water partition coefficient (Wildman–Crippen LogP) is 6.77. The Bertz CT molecular complexity index is 1610. The number of para-hydroxylation sites is 1. The van der Waals surface area contributed by atoms with Crippen molar-refractivity contribution in [3.05, 3.63) is 118 Å². The van der Waals surface area contributed by atoms with Crippen molar-refractivity contribution >= 4 is 33.3 Å². The Morgan fingerprint density at radius 3 is 2.47 bits per heavy atom. The zero-order valence-corrected chi connectivity index (χ0v) is 20.0. The van der Waals surface area contributed by atoms with E-state index in [1.54, 1.807) is 24.3 Å². The number of nitrogens with one attached hydrogen (secondary N) is 1. The molecule has 1 heterocycles. The Hall–Kier alpha value is -4.38. The quantitative estimate of drug-likeness (QED) is 0.254. The number of carbonyl (C=O) groups is 1. The molecule has 0 bridgehead atoms. The van der Waals surface area contributed by atoms with Crippen molar-refractivity contribution in [1.82, 2.24) is 0 Å². The van der Waals surface area contributed by atoms with E-state index in [1.807, 2.05) is 49.4 Å². The lowest BCUT2D eigenvalue weighted by atomic mass is 9.88. The third-order valence-electron chi connectivity index (χ3n) is 6.65.